The van der Waals surface area contributed by atoms with Crippen molar-refractivity contribution in [1.29, 1.82) is 0 Å². The number of rotatable bonds is 3. The maximum absolute atomic E-state index is 12.6. The summed E-state index contributed by atoms with van der Waals surface area (Å²) in [5.74, 6) is 0.566. The van der Waals surface area contributed by atoms with Crippen LogP contribution in [0.4, 0.5) is 0 Å². The van der Waals surface area contributed by atoms with E-state index < -0.39 is 0 Å². The zero-order valence-corrected chi connectivity index (χ0v) is 15.2. The molecule has 3 heterocycles. The van der Waals surface area contributed by atoms with Crippen molar-refractivity contribution in [3.63, 3.8) is 0 Å². The molecule has 2 aromatic rings. The van der Waals surface area contributed by atoms with Crippen molar-refractivity contribution in [3.05, 3.63) is 28.8 Å². The molecule has 23 heavy (non-hydrogen) atoms. The monoisotopic (exact) mass is 331 g/mol. The van der Waals surface area contributed by atoms with Crippen LogP contribution in [0.15, 0.2) is 18.3 Å². The topological polar surface area (TPSA) is 36.4 Å². The van der Waals surface area contributed by atoms with E-state index in [4.69, 9.17) is 0 Å². The zero-order valence-electron chi connectivity index (χ0n) is 14.4. The SMILES string of the molecule is CC(C)N1CCC(c2c(C(=O)N(C)C)sc3ncccc23)CC1. The molecule has 0 aromatic carbocycles. The molecule has 1 amide bonds. The van der Waals surface area contributed by atoms with Gasteiger partial charge in [0.2, 0.25) is 0 Å². The van der Waals surface area contributed by atoms with E-state index >= 15 is 0 Å². The average molecular weight is 331 g/mol. The Bertz CT molecular complexity index is 699. The van der Waals surface area contributed by atoms with Gasteiger partial charge in [-0.2, -0.15) is 0 Å². The molecule has 0 spiro atoms. The maximum Gasteiger partial charge on any atom is 0.263 e. The molecule has 0 unspecified atom stereocenters. The summed E-state index contributed by atoms with van der Waals surface area (Å²) in [5, 5.41) is 1.17. The molecule has 1 fully saturated rings. The third-order valence-corrected chi connectivity index (χ3v) is 5.89. The van der Waals surface area contributed by atoms with Gasteiger partial charge in [0.25, 0.3) is 5.91 Å². The number of fused-ring (bicyclic) bond motifs is 1. The van der Waals surface area contributed by atoms with Gasteiger partial charge in [-0.3, -0.25) is 4.79 Å². The van der Waals surface area contributed by atoms with Gasteiger partial charge in [0.05, 0.1) is 4.88 Å². The number of pyridine rings is 1. The first-order valence-electron chi connectivity index (χ1n) is 8.32. The lowest BCUT2D eigenvalue weighted by Gasteiger charge is -2.35. The van der Waals surface area contributed by atoms with Crippen molar-refractivity contribution >= 4 is 27.5 Å². The smallest absolute Gasteiger partial charge is 0.263 e. The lowest BCUT2D eigenvalue weighted by Crippen LogP contribution is -2.38. The van der Waals surface area contributed by atoms with Crippen LogP contribution in [-0.2, 0) is 0 Å². The second kappa shape index (κ2) is 6.57. The van der Waals surface area contributed by atoms with Gasteiger partial charge in [-0.15, -0.1) is 11.3 Å². The van der Waals surface area contributed by atoms with Gasteiger partial charge in [-0.25, -0.2) is 4.98 Å². The first-order chi connectivity index (χ1) is 11.0. The normalized spacial score (nSPS) is 17.1. The highest BCUT2D eigenvalue weighted by atomic mass is 32.1. The first-order valence-corrected chi connectivity index (χ1v) is 9.13. The third-order valence-electron chi connectivity index (χ3n) is 4.77. The second-order valence-corrected chi connectivity index (χ2v) is 7.80. The number of hydrogen-bond donors (Lipinski definition) is 0. The molecule has 0 atom stereocenters. The number of nitrogens with zero attached hydrogens (tertiary/aromatic N) is 3. The largest absolute Gasteiger partial charge is 0.344 e. The van der Waals surface area contributed by atoms with Crippen LogP contribution in [0.3, 0.4) is 0 Å². The molecule has 2 aromatic heterocycles. The molecule has 1 aliphatic heterocycles. The number of carbonyl (C=O) groups excluding carboxylic acids is 1. The summed E-state index contributed by atoms with van der Waals surface area (Å²) in [7, 11) is 3.65. The number of piperidine rings is 1. The van der Waals surface area contributed by atoms with E-state index in [1.807, 2.05) is 26.4 Å². The standard InChI is InChI=1S/C18H25N3OS/c1-12(2)21-10-7-13(8-11-21)15-14-6-5-9-19-17(14)23-16(15)18(22)20(3)4/h5-6,9,12-13H,7-8,10-11H2,1-4H3. The summed E-state index contributed by atoms with van der Waals surface area (Å²) in [6.45, 7) is 6.72. The quantitative estimate of drug-likeness (QED) is 0.862. The summed E-state index contributed by atoms with van der Waals surface area (Å²) in [6, 6.07) is 4.70. The molecule has 0 N–H and O–H groups in total. The van der Waals surface area contributed by atoms with Gasteiger partial charge >= 0.3 is 0 Å². The van der Waals surface area contributed by atoms with Crippen LogP contribution in [0.1, 0.15) is 47.8 Å². The Labute approximate surface area is 142 Å². The fraction of sp³-hybridized carbons (Fsp3) is 0.556. The van der Waals surface area contributed by atoms with E-state index in [0.29, 0.717) is 12.0 Å². The van der Waals surface area contributed by atoms with Crippen molar-refractivity contribution in [2.24, 2.45) is 0 Å². The van der Waals surface area contributed by atoms with Crippen LogP contribution in [-0.4, -0.2) is 53.9 Å². The van der Waals surface area contributed by atoms with Gasteiger partial charge in [-0.1, -0.05) is 6.07 Å². The van der Waals surface area contributed by atoms with Crippen molar-refractivity contribution in [2.45, 2.75) is 38.6 Å². The van der Waals surface area contributed by atoms with E-state index in [1.54, 1.807) is 16.2 Å². The minimum atomic E-state index is 0.106. The molecule has 1 aliphatic rings. The minimum Gasteiger partial charge on any atom is -0.344 e. The Morgan fingerprint density at radius 2 is 2.04 bits per heavy atom. The van der Waals surface area contributed by atoms with Crippen LogP contribution in [0.2, 0.25) is 0 Å². The Balaban J connectivity index is 1.99. The van der Waals surface area contributed by atoms with E-state index in [2.05, 4.69) is 29.8 Å². The Hall–Kier alpha value is -1.46. The fourth-order valence-electron chi connectivity index (χ4n) is 3.42. The van der Waals surface area contributed by atoms with Crippen LogP contribution < -0.4 is 0 Å². The molecule has 3 rings (SSSR count). The first kappa shape index (κ1) is 16.4. The highest BCUT2D eigenvalue weighted by Crippen LogP contribution is 2.40. The van der Waals surface area contributed by atoms with Gasteiger partial charge < -0.3 is 9.80 Å². The molecule has 0 bridgehead atoms. The lowest BCUT2D eigenvalue weighted by molar-refractivity contribution is 0.0830. The molecule has 124 valence electrons. The highest BCUT2D eigenvalue weighted by molar-refractivity contribution is 7.20. The number of hydrogen-bond acceptors (Lipinski definition) is 4. The van der Waals surface area contributed by atoms with E-state index in [-0.39, 0.29) is 5.91 Å². The molecular formula is C18H25N3OS. The van der Waals surface area contributed by atoms with Crippen molar-refractivity contribution < 1.29 is 4.79 Å². The van der Waals surface area contributed by atoms with Gasteiger partial charge in [0.15, 0.2) is 0 Å². The van der Waals surface area contributed by atoms with Gasteiger partial charge in [-0.05, 0) is 57.3 Å². The zero-order chi connectivity index (χ0) is 16.6. The Morgan fingerprint density at radius 3 is 2.65 bits per heavy atom. The summed E-state index contributed by atoms with van der Waals surface area (Å²) >= 11 is 1.55. The number of likely N-dealkylation sites (tertiary alicyclic amines) is 1. The van der Waals surface area contributed by atoms with Crippen molar-refractivity contribution in [3.8, 4) is 0 Å². The highest BCUT2D eigenvalue weighted by Gasteiger charge is 2.29. The molecule has 0 saturated carbocycles. The van der Waals surface area contributed by atoms with Gasteiger partial charge in [0.1, 0.15) is 4.83 Å². The average Bonchev–Trinajstić information content (AvgIpc) is 2.93. The molecule has 0 radical (unpaired) electrons. The molecule has 0 aliphatic carbocycles. The van der Waals surface area contributed by atoms with E-state index in [9.17, 15) is 4.79 Å². The maximum atomic E-state index is 12.6. The molecular weight excluding hydrogens is 306 g/mol. The van der Waals surface area contributed by atoms with Crippen LogP contribution in [0, 0.1) is 0 Å². The second-order valence-electron chi connectivity index (χ2n) is 6.80. The molecule has 1 saturated heterocycles. The lowest BCUT2D eigenvalue weighted by atomic mass is 9.87. The van der Waals surface area contributed by atoms with Gasteiger partial charge in [0, 0.05) is 31.7 Å². The van der Waals surface area contributed by atoms with Crippen LogP contribution in [0.5, 0.6) is 0 Å². The number of aromatic nitrogens is 1. The summed E-state index contributed by atoms with van der Waals surface area (Å²) in [4.78, 5) is 23.2. The van der Waals surface area contributed by atoms with E-state index in [0.717, 1.165) is 35.6 Å². The third kappa shape index (κ3) is 3.12. The predicted octanol–water partition coefficient (Wildman–Crippen LogP) is 3.59. The van der Waals surface area contributed by atoms with Crippen LogP contribution >= 0.6 is 11.3 Å². The number of thiophene rings is 1. The van der Waals surface area contributed by atoms with E-state index in [1.165, 1.54) is 10.9 Å². The molecule has 4 nitrogen and oxygen atoms in total. The number of carbonyl (C=O) groups is 1. The van der Waals surface area contributed by atoms with Crippen molar-refractivity contribution in [1.82, 2.24) is 14.8 Å². The predicted molar refractivity (Wildman–Crippen MR) is 96.3 cm³/mol. The summed E-state index contributed by atoms with van der Waals surface area (Å²) < 4.78 is 0. The minimum absolute atomic E-state index is 0.106. The summed E-state index contributed by atoms with van der Waals surface area (Å²) in [6.07, 6.45) is 4.05. The summed E-state index contributed by atoms with van der Waals surface area (Å²) in [5.41, 5.74) is 1.24. The molecule has 5 heteroatoms. The Kier molecular flexibility index (Phi) is 4.69. The fourth-order valence-corrected chi connectivity index (χ4v) is 4.67. The van der Waals surface area contributed by atoms with Crippen LogP contribution in [0.25, 0.3) is 10.2 Å². The Morgan fingerprint density at radius 1 is 1.35 bits per heavy atom. The van der Waals surface area contributed by atoms with Crippen molar-refractivity contribution in [2.75, 3.05) is 27.2 Å². The number of amides is 1.